The number of benzene rings is 2. The summed E-state index contributed by atoms with van der Waals surface area (Å²) in [6.45, 7) is 4.17. The molecule has 2 aromatic heterocycles. The van der Waals surface area contributed by atoms with Gasteiger partial charge in [-0.15, -0.1) is 10.2 Å². The monoisotopic (exact) mass is 490 g/mol. The Bertz CT molecular complexity index is 1410. The van der Waals surface area contributed by atoms with Crippen LogP contribution < -0.4 is 10.1 Å². The quantitative estimate of drug-likeness (QED) is 0.424. The minimum atomic E-state index is -0.579. The van der Waals surface area contributed by atoms with Crippen molar-refractivity contribution in [3.63, 3.8) is 0 Å². The molecule has 0 saturated carbocycles. The molecule has 0 spiro atoms. The molecule has 3 heterocycles. The molecule has 5 rings (SSSR count). The molecule has 0 atom stereocenters. The molecule has 36 heavy (non-hydrogen) atoms. The number of carbonyl (C=O) groups is 1. The van der Waals surface area contributed by atoms with Gasteiger partial charge in [-0.25, -0.2) is 13.8 Å². The summed E-state index contributed by atoms with van der Waals surface area (Å²) >= 11 is 0. The molecule has 0 unspecified atom stereocenters. The van der Waals surface area contributed by atoms with Crippen LogP contribution in [0.15, 0.2) is 42.7 Å². The Balaban J connectivity index is 1.29. The fourth-order valence-corrected chi connectivity index (χ4v) is 4.37. The van der Waals surface area contributed by atoms with Crippen molar-refractivity contribution in [1.29, 1.82) is 0 Å². The number of hydrogen-bond acceptors (Lipinski definition) is 7. The van der Waals surface area contributed by atoms with Crippen LogP contribution in [0.4, 0.5) is 4.39 Å². The van der Waals surface area contributed by atoms with Crippen molar-refractivity contribution < 1.29 is 13.9 Å². The summed E-state index contributed by atoms with van der Waals surface area (Å²) in [4.78, 5) is 15.1. The molecule has 0 fully saturated rings. The second-order valence-electron chi connectivity index (χ2n) is 8.96. The van der Waals surface area contributed by atoms with E-state index in [1.54, 1.807) is 30.1 Å². The van der Waals surface area contributed by atoms with E-state index >= 15 is 4.39 Å². The molecule has 1 N–H and O–H groups in total. The highest BCUT2D eigenvalue weighted by atomic mass is 19.1. The number of carbonyl (C=O) groups excluding carboxylic acids is 1. The molecule has 2 aromatic carbocycles. The molecule has 1 aliphatic heterocycles. The van der Waals surface area contributed by atoms with Gasteiger partial charge in [0.15, 0.2) is 17.3 Å². The Morgan fingerprint density at radius 2 is 2.00 bits per heavy atom. The first kappa shape index (κ1) is 23.6. The first-order chi connectivity index (χ1) is 17.4. The number of aromatic nitrogens is 6. The van der Waals surface area contributed by atoms with Gasteiger partial charge in [0.1, 0.15) is 0 Å². The van der Waals surface area contributed by atoms with E-state index in [2.05, 4.69) is 56.1 Å². The van der Waals surface area contributed by atoms with Gasteiger partial charge in [-0.2, -0.15) is 0 Å². The summed E-state index contributed by atoms with van der Waals surface area (Å²) < 4.78 is 23.3. The summed E-state index contributed by atoms with van der Waals surface area (Å²) in [5.74, 6) is -0.969. The van der Waals surface area contributed by atoms with Gasteiger partial charge in [-0.1, -0.05) is 28.6 Å². The molecule has 11 heteroatoms. The first-order valence-corrected chi connectivity index (χ1v) is 11.6. The van der Waals surface area contributed by atoms with E-state index < -0.39 is 11.7 Å². The van der Waals surface area contributed by atoms with Crippen LogP contribution in [0.3, 0.4) is 0 Å². The number of amides is 1. The van der Waals surface area contributed by atoms with Gasteiger partial charge in [0.05, 0.1) is 37.4 Å². The molecule has 0 bridgehead atoms. The second-order valence-corrected chi connectivity index (χ2v) is 8.96. The Morgan fingerprint density at radius 1 is 1.14 bits per heavy atom. The first-order valence-electron chi connectivity index (χ1n) is 11.6. The van der Waals surface area contributed by atoms with Gasteiger partial charge in [0.25, 0.3) is 5.91 Å². The summed E-state index contributed by atoms with van der Waals surface area (Å²) in [7, 11) is 3.50. The van der Waals surface area contributed by atoms with Gasteiger partial charge in [-0.3, -0.25) is 4.79 Å². The van der Waals surface area contributed by atoms with Gasteiger partial charge in [0, 0.05) is 25.2 Å². The lowest BCUT2D eigenvalue weighted by molar-refractivity contribution is 0.0945. The third kappa shape index (κ3) is 4.82. The van der Waals surface area contributed by atoms with E-state index in [9.17, 15) is 4.79 Å². The van der Waals surface area contributed by atoms with Gasteiger partial charge >= 0.3 is 0 Å². The van der Waals surface area contributed by atoms with Crippen molar-refractivity contribution in [2.45, 2.75) is 33.0 Å². The molecule has 4 aromatic rings. The molecule has 0 saturated heterocycles. The fourth-order valence-electron chi connectivity index (χ4n) is 4.37. The molecule has 186 valence electrons. The number of halogens is 1. The van der Waals surface area contributed by atoms with Crippen LogP contribution in [-0.2, 0) is 26.1 Å². The highest BCUT2D eigenvalue weighted by Crippen LogP contribution is 2.26. The number of fused-ring (bicyclic) bond motifs is 1. The highest BCUT2D eigenvalue weighted by Gasteiger charge is 2.19. The number of nitrogens with one attached hydrogen (secondary N) is 1. The highest BCUT2D eigenvalue weighted by molar-refractivity contribution is 5.91. The number of likely N-dealkylation sites (N-methyl/N-ethyl adjacent to an activating group) is 1. The zero-order valence-electron chi connectivity index (χ0n) is 20.4. The van der Waals surface area contributed by atoms with Crippen LogP contribution in [0.25, 0.3) is 5.69 Å². The number of aryl methyl sites for hydroxylation is 1. The Hall–Kier alpha value is -4.12. The number of hydrogen-bond donors (Lipinski definition) is 1. The normalized spacial score (nSPS) is 13.4. The van der Waals surface area contributed by atoms with Crippen LogP contribution in [0.5, 0.6) is 5.75 Å². The van der Waals surface area contributed by atoms with Crippen molar-refractivity contribution in [2.75, 3.05) is 20.7 Å². The number of methoxy groups -OCH3 is 1. The maximum absolute atomic E-state index is 15.1. The average Bonchev–Trinajstić information content (AvgIpc) is 3.51. The third-order valence-electron chi connectivity index (χ3n) is 6.27. The van der Waals surface area contributed by atoms with E-state index in [4.69, 9.17) is 4.74 Å². The summed E-state index contributed by atoms with van der Waals surface area (Å²) in [6.07, 6.45) is 4.31. The molecular weight excluding hydrogens is 463 g/mol. The van der Waals surface area contributed by atoms with E-state index in [1.807, 2.05) is 0 Å². The Labute approximate surface area is 207 Å². The van der Waals surface area contributed by atoms with E-state index in [1.165, 1.54) is 29.0 Å². The number of rotatable bonds is 7. The van der Waals surface area contributed by atoms with Gasteiger partial charge < -0.3 is 15.0 Å². The smallest absolute Gasteiger partial charge is 0.273 e. The fraction of sp³-hybridized carbons (Fsp3) is 0.320. The predicted molar refractivity (Wildman–Crippen MR) is 129 cm³/mol. The molecular formula is C25H27FN8O2. The second kappa shape index (κ2) is 9.86. The van der Waals surface area contributed by atoms with E-state index in [-0.39, 0.29) is 23.6 Å². The maximum Gasteiger partial charge on any atom is 0.273 e. The zero-order chi connectivity index (χ0) is 25.2. The van der Waals surface area contributed by atoms with Crippen LogP contribution in [0.2, 0.25) is 0 Å². The van der Waals surface area contributed by atoms with Gasteiger partial charge in [-0.05, 0) is 49.2 Å². The molecule has 1 amide bonds. The standard InChI is InChI=1S/C25H27FN8O2/c1-16-12-34(31-28-16)22-6-7-23(36-3)24(26)20(22)11-27-25(35)21-15-33(30-29-21)13-17-4-5-18-8-9-32(2)14-19(18)10-17/h4-7,10,12,15H,8-9,11,13-14H2,1-3H3,(H,27,35). The summed E-state index contributed by atoms with van der Waals surface area (Å²) in [5, 5.41) is 18.8. The topological polar surface area (TPSA) is 103 Å². The molecule has 1 aliphatic rings. The number of ether oxygens (including phenoxy) is 1. The predicted octanol–water partition coefficient (Wildman–Crippen LogP) is 2.28. The van der Waals surface area contributed by atoms with Crippen LogP contribution in [0.1, 0.15) is 38.4 Å². The van der Waals surface area contributed by atoms with Crippen molar-refractivity contribution in [3.8, 4) is 11.4 Å². The molecule has 0 aliphatic carbocycles. The lowest BCUT2D eigenvalue weighted by Crippen LogP contribution is -2.26. The van der Waals surface area contributed by atoms with E-state index in [0.717, 1.165) is 25.1 Å². The third-order valence-corrected chi connectivity index (χ3v) is 6.27. The Kier molecular flexibility index (Phi) is 6.47. The SMILES string of the molecule is COc1ccc(-n2cc(C)nn2)c(CNC(=O)c2cn(Cc3ccc4c(c3)CN(C)CC4)nn2)c1F. The zero-order valence-corrected chi connectivity index (χ0v) is 20.4. The largest absolute Gasteiger partial charge is 0.494 e. The maximum atomic E-state index is 15.1. The Morgan fingerprint density at radius 3 is 2.78 bits per heavy atom. The van der Waals surface area contributed by atoms with Crippen molar-refractivity contribution in [1.82, 2.24) is 40.2 Å². The minimum Gasteiger partial charge on any atom is -0.494 e. The average molecular weight is 491 g/mol. The van der Waals surface area contributed by atoms with Crippen molar-refractivity contribution in [2.24, 2.45) is 0 Å². The molecule has 10 nitrogen and oxygen atoms in total. The van der Waals surface area contributed by atoms with Crippen LogP contribution in [-0.4, -0.2) is 61.5 Å². The summed E-state index contributed by atoms with van der Waals surface area (Å²) in [6, 6.07) is 9.62. The van der Waals surface area contributed by atoms with Crippen molar-refractivity contribution >= 4 is 5.91 Å². The van der Waals surface area contributed by atoms with E-state index in [0.29, 0.717) is 17.9 Å². The lowest BCUT2D eigenvalue weighted by Gasteiger charge is -2.25. The molecule has 0 radical (unpaired) electrons. The van der Waals surface area contributed by atoms with Crippen molar-refractivity contribution in [3.05, 3.63) is 82.2 Å². The summed E-state index contributed by atoms with van der Waals surface area (Å²) in [5.41, 5.74) is 5.29. The lowest BCUT2D eigenvalue weighted by atomic mass is 9.98. The van der Waals surface area contributed by atoms with Crippen LogP contribution in [0, 0.1) is 12.7 Å². The van der Waals surface area contributed by atoms with Crippen LogP contribution >= 0.6 is 0 Å². The minimum absolute atomic E-state index is 0.0713. The van der Waals surface area contributed by atoms with Gasteiger partial charge in [0.2, 0.25) is 0 Å². The number of nitrogens with zero attached hydrogens (tertiary/aromatic N) is 7.